The normalized spacial score (nSPS) is 11.5. The van der Waals surface area contributed by atoms with E-state index in [1.165, 1.54) is 0 Å². The average Bonchev–Trinajstić information content (AvgIpc) is 3.41. The fourth-order valence-corrected chi connectivity index (χ4v) is 3.55. The van der Waals surface area contributed by atoms with Crippen LogP contribution in [0.2, 0.25) is 0 Å². The van der Waals surface area contributed by atoms with E-state index in [9.17, 15) is 4.79 Å². The van der Waals surface area contributed by atoms with E-state index in [1.807, 2.05) is 85.8 Å². The fourth-order valence-electron chi connectivity index (χ4n) is 3.55. The molecular weight excluding hydrogens is 376 g/mol. The minimum atomic E-state index is -0.0441. The van der Waals surface area contributed by atoms with Crippen LogP contribution in [0, 0.1) is 0 Å². The number of carbonyl (C=O) groups excluding carboxylic acids is 1. The summed E-state index contributed by atoms with van der Waals surface area (Å²) in [7, 11) is 0. The van der Waals surface area contributed by atoms with Gasteiger partial charge in [0.2, 0.25) is 0 Å². The molecule has 6 heteroatoms. The van der Waals surface area contributed by atoms with E-state index in [4.69, 9.17) is 9.40 Å². The Kier molecular flexibility index (Phi) is 5.40. The van der Waals surface area contributed by atoms with Crippen LogP contribution in [0.25, 0.3) is 22.5 Å². The molecule has 0 bridgehead atoms. The number of amides is 1. The fraction of sp³-hybridized carbons (Fsp3) is 0.292. The maximum Gasteiger partial charge on any atom is 0.255 e. The predicted octanol–water partition coefficient (Wildman–Crippen LogP) is 5.32. The third kappa shape index (κ3) is 3.73. The molecule has 0 atom stereocenters. The Hall–Kier alpha value is -3.41. The molecule has 4 aromatic rings. The quantitative estimate of drug-likeness (QED) is 0.438. The van der Waals surface area contributed by atoms with Gasteiger partial charge in [-0.1, -0.05) is 30.3 Å². The van der Waals surface area contributed by atoms with E-state index < -0.39 is 0 Å². The lowest BCUT2D eigenvalue weighted by molar-refractivity contribution is 0.0692. The molecular formula is C24H26N4O2. The number of fused-ring (bicyclic) bond motifs is 1. The summed E-state index contributed by atoms with van der Waals surface area (Å²) in [6.45, 7) is 8.69. The van der Waals surface area contributed by atoms with Crippen molar-refractivity contribution >= 4 is 16.9 Å². The molecule has 0 saturated carbocycles. The van der Waals surface area contributed by atoms with Crippen LogP contribution in [0.4, 0.5) is 0 Å². The van der Waals surface area contributed by atoms with Gasteiger partial charge in [-0.25, -0.2) is 9.67 Å². The highest BCUT2D eigenvalue weighted by molar-refractivity contribution is 6.06. The highest BCUT2D eigenvalue weighted by Gasteiger charge is 2.25. The Morgan fingerprint density at radius 2 is 1.87 bits per heavy atom. The third-order valence-electron chi connectivity index (χ3n) is 5.14. The lowest BCUT2D eigenvalue weighted by Gasteiger charge is -2.27. The van der Waals surface area contributed by atoms with Crippen molar-refractivity contribution in [2.45, 2.75) is 46.3 Å². The van der Waals surface area contributed by atoms with Gasteiger partial charge in [-0.2, -0.15) is 5.10 Å². The summed E-state index contributed by atoms with van der Waals surface area (Å²) in [5, 5.41) is 5.25. The van der Waals surface area contributed by atoms with E-state index in [0.717, 1.165) is 10.9 Å². The highest BCUT2D eigenvalue weighted by atomic mass is 16.3. The molecule has 3 heterocycles. The number of aromatic nitrogens is 3. The zero-order chi connectivity index (χ0) is 21.3. The van der Waals surface area contributed by atoms with Crippen LogP contribution in [0.1, 0.15) is 49.7 Å². The molecule has 0 saturated heterocycles. The summed E-state index contributed by atoms with van der Waals surface area (Å²) in [4.78, 5) is 20.4. The monoisotopic (exact) mass is 402 g/mol. The molecule has 0 radical (unpaired) electrons. The highest BCUT2D eigenvalue weighted by Crippen LogP contribution is 2.28. The van der Waals surface area contributed by atoms with Crippen molar-refractivity contribution in [3.05, 3.63) is 72.1 Å². The van der Waals surface area contributed by atoms with Gasteiger partial charge in [0.15, 0.2) is 11.4 Å². The Labute approximate surface area is 176 Å². The van der Waals surface area contributed by atoms with Gasteiger partial charge in [0, 0.05) is 18.6 Å². The minimum Gasteiger partial charge on any atom is -0.463 e. The molecule has 6 nitrogen and oxygen atoms in total. The van der Waals surface area contributed by atoms with Gasteiger partial charge >= 0.3 is 0 Å². The molecule has 0 spiro atoms. The predicted molar refractivity (Wildman–Crippen MR) is 117 cm³/mol. The lowest BCUT2D eigenvalue weighted by Crippen LogP contribution is -2.36. The first-order chi connectivity index (χ1) is 14.5. The summed E-state index contributed by atoms with van der Waals surface area (Å²) in [5.74, 6) is 0.582. The second kappa shape index (κ2) is 8.14. The molecule has 0 N–H and O–H groups in total. The van der Waals surface area contributed by atoms with Gasteiger partial charge in [0.25, 0.3) is 5.91 Å². The van der Waals surface area contributed by atoms with Gasteiger partial charge in [0.1, 0.15) is 5.69 Å². The van der Waals surface area contributed by atoms with Crippen LogP contribution in [-0.2, 0) is 6.54 Å². The van der Waals surface area contributed by atoms with Gasteiger partial charge in [-0.05, 0) is 51.5 Å². The van der Waals surface area contributed by atoms with Gasteiger partial charge in [0.05, 0.1) is 23.4 Å². The van der Waals surface area contributed by atoms with Gasteiger partial charge in [-0.3, -0.25) is 4.79 Å². The van der Waals surface area contributed by atoms with E-state index in [0.29, 0.717) is 29.2 Å². The molecule has 0 unspecified atom stereocenters. The van der Waals surface area contributed by atoms with Gasteiger partial charge < -0.3 is 9.32 Å². The van der Waals surface area contributed by atoms with Crippen molar-refractivity contribution in [1.29, 1.82) is 0 Å². The smallest absolute Gasteiger partial charge is 0.255 e. The van der Waals surface area contributed by atoms with Crippen molar-refractivity contribution in [3.8, 4) is 11.5 Å². The third-order valence-corrected chi connectivity index (χ3v) is 5.14. The number of furan rings is 1. The SMILES string of the molecule is CC(C)N(Cc1ccccc1)C(=O)c1cc(-c2ccco2)nc2c1cnn2C(C)C. The Bertz CT molecular complexity index is 1140. The van der Waals surface area contributed by atoms with E-state index >= 15 is 0 Å². The summed E-state index contributed by atoms with van der Waals surface area (Å²) in [5.41, 5.74) is 2.99. The number of carbonyl (C=O) groups is 1. The zero-order valence-electron chi connectivity index (χ0n) is 17.7. The summed E-state index contributed by atoms with van der Waals surface area (Å²) in [6.07, 6.45) is 3.35. The van der Waals surface area contributed by atoms with Crippen LogP contribution in [0.3, 0.4) is 0 Å². The van der Waals surface area contributed by atoms with Crippen LogP contribution in [0.15, 0.2) is 65.4 Å². The molecule has 30 heavy (non-hydrogen) atoms. The second-order valence-corrected chi connectivity index (χ2v) is 7.96. The minimum absolute atomic E-state index is 0.0353. The molecule has 0 aliphatic heterocycles. The largest absolute Gasteiger partial charge is 0.463 e. The summed E-state index contributed by atoms with van der Waals surface area (Å²) in [6, 6.07) is 15.7. The van der Waals surface area contributed by atoms with Crippen molar-refractivity contribution in [3.63, 3.8) is 0 Å². The van der Waals surface area contributed by atoms with Crippen molar-refractivity contribution < 1.29 is 9.21 Å². The number of hydrogen-bond donors (Lipinski definition) is 0. The van der Waals surface area contributed by atoms with Crippen molar-refractivity contribution in [2.24, 2.45) is 0 Å². The van der Waals surface area contributed by atoms with Crippen molar-refractivity contribution in [1.82, 2.24) is 19.7 Å². The number of hydrogen-bond acceptors (Lipinski definition) is 4. The molecule has 1 aromatic carbocycles. The first-order valence-electron chi connectivity index (χ1n) is 10.2. The number of rotatable bonds is 6. The molecule has 4 rings (SSSR count). The number of nitrogens with zero attached hydrogens (tertiary/aromatic N) is 4. The Morgan fingerprint density at radius 1 is 1.10 bits per heavy atom. The topological polar surface area (TPSA) is 64.2 Å². The summed E-state index contributed by atoms with van der Waals surface area (Å²) >= 11 is 0. The molecule has 1 amide bonds. The lowest BCUT2D eigenvalue weighted by atomic mass is 10.1. The maximum absolute atomic E-state index is 13.7. The number of benzene rings is 1. The van der Waals surface area contributed by atoms with Gasteiger partial charge in [-0.15, -0.1) is 0 Å². The molecule has 0 aliphatic carbocycles. The maximum atomic E-state index is 13.7. The van der Waals surface area contributed by atoms with E-state index in [1.54, 1.807) is 12.5 Å². The van der Waals surface area contributed by atoms with E-state index in [2.05, 4.69) is 5.10 Å². The van der Waals surface area contributed by atoms with E-state index in [-0.39, 0.29) is 18.0 Å². The Morgan fingerprint density at radius 3 is 2.50 bits per heavy atom. The van der Waals surface area contributed by atoms with Crippen LogP contribution < -0.4 is 0 Å². The molecule has 3 aromatic heterocycles. The average molecular weight is 402 g/mol. The van der Waals surface area contributed by atoms with Crippen LogP contribution in [0.5, 0.6) is 0 Å². The Balaban J connectivity index is 1.84. The zero-order valence-corrected chi connectivity index (χ0v) is 17.7. The van der Waals surface area contributed by atoms with Crippen molar-refractivity contribution in [2.75, 3.05) is 0 Å². The second-order valence-electron chi connectivity index (χ2n) is 7.96. The van der Waals surface area contributed by atoms with Crippen LogP contribution in [-0.4, -0.2) is 31.6 Å². The van der Waals surface area contributed by atoms with Crippen LogP contribution >= 0.6 is 0 Å². The standard InChI is InChI=1S/C24H26N4O2/c1-16(2)27(15-18-9-6-5-7-10-18)24(29)19-13-21(22-11-8-12-30-22)26-23-20(19)14-25-28(23)17(3)4/h5-14,16-17H,15H2,1-4H3. The summed E-state index contributed by atoms with van der Waals surface area (Å²) < 4.78 is 7.41. The number of pyridine rings is 1. The molecule has 0 aliphatic rings. The first kappa shape index (κ1) is 19.9. The molecule has 154 valence electrons. The molecule has 0 fully saturated rings. The first-order valence-corrected chi connectivity index (χ1v) is 10.2.